The smallest absolute Gasteiger partial charge is 0.230 e. The van der Waals surface area contributed by atoms with Crippen LogP contribution in [0.25, 0.3) is 0 Å². The number of aryl methyl sites for hydroxylation is 2. The number of hydrogen-bond donors (Lipinski definition) is 2. The van der Waals surface area contributed by atoms with Gasteiger partial charge in [0.25, 0.3) is 0 Å². The number of nitrogens with one attached hydrogen (secondary N) is 1. The zero-order valence-corrected chi connectivity index (χ0v) is 14.3. The number of carbonyl (C=O) groups excluding carboxylic acids is 1. The van der Waals surface area contributed by atoms with Gasteiger partial charge in [0.15, 0.2) is 0 Å². The lowest BCUT2D eigenvalue weighted by Gasteiger charge is -2.31. The number of aliphatic hydroxyl groups is 1. The minimum absolute atomic E-state index is 0.000125. The monoisotopic (exact) mass is 314 g/mol. The largest absolute Gasteiger partial charge is 0.396 e. The zero-order valence-electron chi connectivity index (χ0n) is 13.5. The summed E-state index contributed by atoms with van der Waals surface area (Å²) in [6.45, 7) is 10.0. The van der Waals surface area contributed by atoms with Crippen LogP contribution in [0.1, 0.15) is 44.2 Å². The highest BCUT2D eigenvalue weighted by molar-refractivity contribution is 7.99. The number of rotatable bonds is 7. The highest BCUT2D eigenvalue weighted by Gasteiger charge is 2.25. The molecule has 6 heteroatoms. The van der Waals surface area contributed by atoms with Crippen molar-refractivity contribution in [1.29, 1.82) is 0 Å². The first-order chi connectivity index (χ1) is 9.75. The van der Waals surface area contributed by atoms with E-state index >= 15 is 0 Å². The number of carbonyl (C=O) groups is 1. The average molecular weight is 314 g/mol. The Balaban J connectivity index is 2.43. The lowest BCUT2D eigenvalue weighted by atomic mass is 9.85. The predicted octanol–water partition coefficient (Wildman–Crippen LogP) is 2.44. The van der Waals surface area contributed by atoms with E-state index < -0.39 is 0 Å². The Morgan fingerprint density at radius 3 is 2.57 bits per heavy atom. The normalized spacial score (nSPS) is 13.2. The minimum atomic E-state index is -0.0648. The van der Waals surface area contributed by atoms with E-state index in [9.17, 15) is 4.79 Å². The molecule has 1 aromatic rings. The van der Waals surface area contributed by atoms with Crippen LogP contribution >= 0.6 is 11.8 Å². The van der Waals surface area contributed by atoms with Gasteiger partial charge < -0.3 is 14.9 Å². The maximum absolute atomic E-state index is 12.0. The van der Waals surface area contributed by atoms with Crippen molar-refractivity contribution in [3.05, 3.63) is 17.0 Å². The van der Waals surface area contributed by atoms with E-state index in [-0.39, 0.29) is 24.0 Å². The summed E-state index contributed by atoms with van der Waals surface area (Å²) in [6.07, 6.45) is 0.573. The van der Waals surface area contributed by atoms with E-state index in [1.807, 2.05) is 13.8 Å². The van der Waals surface area contributed by atoms with Gasteiger partial charge in [0.1, 0.15) is 5.76 Å². The van der Waals surface area contributed by atoms with Crippen LogP contribution < -0.4 is 5.32 Å². The summed E-state index contributed by atoms with van der Waals surface area (Å²) < 4.78 is 5.10. The number of hydrogen-bond acceptors (Lipinski definition) is 5. The minimum Gasteiger partial charge on any atom is -0.396 e. The van der Waals surface area contributed by atoms with Crippen molar-refractivity contribution in [1.82, 2.24) is 10.5 Å². The molecule has 1 atom stereocenters. The summed E-state index contributed by atoms with van der Waals surface area (Å²) in [5.74, 6) is 1.92. The zero-order chi connectivity index (χ0) is 16.0. The number of amides is 1. The average Bonchev–Trinajstić information content (AvgIpc) is 2.69. The van der Waals surface area contributed by atoms with E-state index in [0.717, 1.165) is 22.8 Å². The first-order valence-electron chi connectivity index (χ1n) is 7.15. The molecular formula is C15H26N2O3S. The van der Waals surface area contributed by atoms with Crippen molar-refractivity contribution in [3.8, 4) is 0 Å². The highest BCUT2D eigenvalue weighted by Crippen LogP contribution is 2.22. The Morgan fingerprint density at radius 2 is 2.10 bits per heavy atom. The van der Waals surface area contributed by atoms with Crippen LogP contribution in [0.4, 0.5) is 0 Å². The summed E-state index contributed by atoms with van der Waals surface area (Å²) in [6, 6.07) is -0.0188. The van der Waals surface area contributed by atoms with Crippen LogP contribution in [0.15, 0.2) is 4.52 Å². The van der Waals surface area contributed by atoms with Crippen LogP contribution in [-0.4, -0.2) is 34.6 Å². The third kappa shape index (κ3) is 5.71. The third-order valence-corrected chi connectivity index (χ3v) is 4.42. The third-order valence-electron chi connectivity index (χ3n) is 3.46. The molecule has 21 heavy (non-hydrogen) atoms. The van der Waals surface area contributed by atoms with E-state index in [1.165, 1.54) is 0 Å². The van der Waals surface area contributed by atoms with Crippen LogP contribution in [0.2, 0.25) is 0 Å². The second-order valence-corrected chi connectivity index (χ2v) is 7.28. The van der Waals surface area contributed by atoms with Gasteiger partial charge in [-0.15, -0.1) is 11.8 Å². The first-order valence-corrected chi connectivity index (χ1v) is 8.31. The SMILES string of the molecule is Cc1noc(C)c1CSCC(=O)NC(CCO)C(C)(C)C. The maximum atomic E-state index is 12.0. The molecule has 0 saturated carbocycles. The molecule has 120 valence electrons. The Hall–Kier alpha value is -1.01. The fraction of sp³-hybridized carbons (Fsp3) is 0.733. The Labute approximate surface area is 130 Å². The van der Waals surface area contributed by atoms with E-state index in [0.29, 0.717) is 12.2 Å². The quantitative estimate of drug-likeness (QED) is 0.808. The van der Waals surface area contributed by atoms with Gasteiger partial charge >= 0.3 is 0 Å². The lowest BCUT2D eigenvalue weighted by Crippen LogP contribution is -2.45. The molecule has 2 N–H and O–H groups in total. The van der Waals surface area contributed by atoms with Gasteiger partial charge in [0.2, 0.25) is 5.91 Å². The standard InChI is InChI=1S/C15H26N2O3S/c1-10-12(11(2)20-17-10)8-21-9-14(19)16-13(6-7-18)15(3,4)5/h13,18H,6-9H2,1-5H3,(H,16,19). The molecule has 0 aliphatic carbocycles. The maximum Gasteiger partial charge on any atom is 0.230 e. The molecule has 0 spiro atoms. The first kappa shape index (κ1) is 18.0. The predicted molar refractivity (Wildman–Crippen MR) is 85.2 cm³/mol. The summed E-state index contributed by atoms with van der Waals surface area (Å²) in [5, 5.41) is 16.0. The summed E-state index contributed by atoms with van der Waals surface area (Å²) in [5.41, 5.74) is 1.88. The summed E-state index contributed by atoms with van der Waals surface area (Å²) in [7, 11) is 0. The van der Waals surface area contributed by atoms with Gasteiger partial charge in [-0.05, 0) is 25.7 Å². The van der Waals surface area contributed by atoms with E-state index in [4.69, 9.17) is 9.63 Å². The van der Waals surface area contributed by atoms with Crippen molar-refractivity contribution < 1.29 is 14.4 Å². The summed E-state index contributed by atoms with van der Waals surface area (Å²) >= 11 is 1.54. The van der Waals surface area contributed by atoms with E-state index in [1.54, 1.807) is 11.8 Å². The molecule has 0 radical (unpaired) electrons. The van der Waals surface area contributed by atoms with Crippen LogP contribution in [0.5, 0.6) is 0 Å². The molecule has 0 aliphatic heterocycles. The van der Waals surface area contributed by atoms with Crippen molar-refractivity contribution in [2.75, 3.05) is 12.4 Å². The molecule has 0 aromatic carbocycles. The summed E-state index contributed by atoms with van der Waals surface area (Å²) in [4.78, 5) is 12.0. The molecule has 1 rings (SSSR count). The van der Waals surface area contributed by atoms with Gasteiger partial charge in [0, 0.05) is 24.0 Å². The molecule has 0 saturated heterocycles. The lowest BCUT2D eigenvalue weighted by molar-refractivity contribution is -0.120. The molecular weight excluding hydrogens is 288 g/mol. The number of aliphatic hydroxyl groups excluding tert-OH is 1. The Kier molecular flexibility index (Phi) is 6.74. The van der Waals surface area contributed by atoms with Crippen LogP contribution in [0, 0.1) is 19.3 Å². The second-order valence-electron chi connectivity index (χ2n) is 6.29. The van der Waals surface area contributed by atoms with Crippen LogP contribution in [-0.2, 0) is 10.5 Å². The fourth-order valence-corrected chi connectivity index (χ4v) is 3.03. The second kappa shape index (κ2) is 7.84. The Bertz CT molecular complexity index is 446. The molecule has 1 unspecified atom stereocenters. The highest BCUT2D eigenvalue weighted by atomic mass is 32.2. The van der Waals surface area contributed by atoms with Gasteiger partial charge in [-0.3, -0.25) is 4.79 Å². The van der Waals surface area contributed by atoms with Crippen molar-refractivity contribution >= 4 is 17.7 Å². The molecule has 1 aromatic heterocycles. The number of thioether (sulfide) groups is 1. The van der Waals surface area contributed by atoms with Crippen LogP contribution in [0.3, 0.4) is 0 Å². The molecule has 1 heterocycles. The van der Waals surface area contributed by atoms with Gasteiger partial charge in [-0.25, -0.2) is 0 Å². The van der Waals surface area contributed by atoms with Gasteiger partial charge in [-0.2, -0.15) is 0 Å². The molecule has 0 bridgehead atoms. The van der Waals surface area contributed by atoms with Crippen molar-refractivity contribution in [2.45, 2.75) is 52.8 Å². The van der Waals surface area contributed by atoms with Crippen molar-refractivity contribution in [3.63, 3.8) is 0 Å². The Morgan fingerprint density at radius 1 is 1.43 bits per heavy atom. The van der Waals surface area contributed by atoms with E-state index in [2.05, 4.69) is 31.2 Å². The molecule has 5 nitrogen and oxygen atoms in total. The topological polar surface area (TPSA) is 75.4 Å². The fourth-order valence-electron chi connectivity index (χ4n) is 2.04. The molecule has 1 amide bonds. The van der Waals surface area contributed by atoms with Gasteiger partial charge in [-0.1, -0.05) is 25.9 Å². The molecule has 0 aliphatic rings. The molecule has 0 fully saturated rings. The number of aromatic nitrogens is 1. The number of nitrogens with zero attached hydrogens (tertiary/aromatic N) is 1. The van der Waals surface area contributed by atoms with Crippen molar-refractivity contribution in [2.24, 2.45) is 5.41 Å². The van der Waals surface area contributed by atoms with Gasteiger partial charge in [0.05, 0.1) is 11.4 Å².